The summed E-state index contributed by atoms with van der Waals surface area (Å²) in [4.78, 5) is 11.6. The molecule has 1 atom stereocenters. The molecule has 0 aliphatic carbocycles. The lowest BCUT2D eigenvalue weighted by molar-refractivity contribution is -0.143. The Balaban J connectivity index is 2.83. The van der Waals surface area contributed by atoms with Crippen molar-refractivity contribution in [2.75, 3.05) is 11.9 Å². The van der Waals surface area contributed by atoms with Gasteiger partial charge in [-0.15, -0.1) is 0 Å². The molecular formula is C14H21NO2. The second-order valence-corrected chi connectivity index (χ2v) is 4.08. The molecule has 1 aromatic carbocycles. The van der Waals surface area contributed by atoms with Crippen LogP contribution in [0, 0.1) is 6.92 Å². The highest BCUT2D eigenvalue weighted by atomic mass is 16.5. The van der Waals surface area contributed by atoms with Gasteiger partial charge in [0.1, 0.15) is 6.04 Å². The van der Waals surface area contributed by atoms with Gasteiger partial charge in [-0.05, 0) is 38.3 Å². The number of carbonyl (C=O) groups is 1. The van der Waals surface area contributed by atoms with Gasteiger partial charge < -0.3 is 10.1 Å². The van der Waals surface area contributed by atoms with E-state index in [0.29, 0.717) is 6.61 Å². The Kier molecular flexibility index (Phi) is 5.01. The van der Waals surface area contributed by atoms with Gasteiger partial charge in [-0.25, -0.2) is 4.79 Å². The minimum absolute atomic E-state index is 0.210. The number of anilines is 1. The molecule has 0 aromatic heterocycles. The van der Waals surface area contributed by atoms with Crippen molar-refractivity contribution in [3.63, 3.8) is 0 Å². The minimum Gasteiger partial charge on any atom is -0.464 e. The molecule has 0 bridgehead atoms. The molecule has 3 heteroatoms. The fourth-order valence-electron chi connectivity index (χ4n) is 1.77. The zero-order valence-corrected chi connectivity index (χ0v) is 11.0. The number of nitrogens with one attached hydrogen (secondary N) is 1. The molecule has 0 fully saturated rings. The van der Waals surface area contributed by atoms with E-state index in [4.69, 9.17) is 4.74 Å². The molecule has 1 rings (SSSR count). The van der Waals surface area contributed by atoms with Crippen LogP contribution in [-0.4, -0.2) is 18.6 Å². The van der Waals surface area contributed by atoms with Crippen LogP contribution < -0.4 is 5.32 Å². The van der Waals surface area contributed by atoms with E-state index >= 15 is 0 Å². The fourth-order valence-corrected chi connectivity index (χ4v) is 1.77. The molecule has 17 heavy (non-hydrogen) atoms. The number of benzene rings is 1. The molecular weight excluding hydrogens is 214 g/mol. The highest BCUT2D eigenvalue weighted by Gasteiger charge is 2.15. The van der Waals surface area contributed by atoms with Crippen LogP contribution in [0.15, 0.2) is 18.2 Å². The zero-order chi connectivity index (χ0) is 12.8. The molecule has 0 aliphatic heterocycles. The van der Waals surface area contributed by atoms with Gasteiger partial charge in [-0.1, -0.05) is 25.1 Å². The molecule has 1 unspecified atom stereocenters. The van der Waals surface area contributed by atoms with E-state index in [9.17, 15) is 4.79 Å². The first kappa shape index (κ1) is 13.6. The summed E-state index contributed by atoms with van der Waals surface area (Å²) in [6.45, 7) is 8.20. The molecule has 94 valence electrons. The van der Waals surface area contributed by atoms with Crippen molar-refractivity contribution in [3.8, 4) is 0 Å². The number of aryl methyl sites for hydroxylation is 2. The molecule has 0 aliphatic rings. The summed E-state index contributed by atoms with van der Waals surface area (Å²) in [5, 5.41) is 3.24. The third-order valence-electron chi connectivity index (χ3n) is 2.74. The second-order valence-electron chi connectivity index (χ2n) is 4.08. The monoisotopic (exact) mass is 235 g/mol. The van der Waals surface area contributed by atoms with Crippen molar-refractivity contribution in [3.05, 3.63) is 29.3 Å². The van der Waals surface area contributed by atoms with Crippen molar-refractivity contribution < 1.29 is 9.53 Å². The van der Waals surface area contributed by atoms with Crippen molar-refractivity contribution in [1.29, 1.82) is 0 Å². The Labute approximate surface area is 103 Å². The maximum atomic E-state index is 11.6. The number of ether oxygens (including phenoxy) is 1. The standard InChI is InChI=1S/C14H21NO2/c1-5-12-9-7-8-10(3)13(12)15-11(4)14(16)17-6-2/h7-9,11,15H,5-6H2,1-4H3. The Morgan fingerprint density at radius 3 is 2.71 bits per heavy atom. The molecule has 0 saturated heterocycles. The van der Waals surface area contributed by atoms with Gasteiger partial charge >= 0.3 is 5.97 Å². The van der Waals surface area contributed by atoms with Gasteiger partial charge in [0.15, 0.2) is 0 Å². The predicted octanol–water partition coefficient (Wildman–Crippen LogP) is 2.92. The molecule has 1 N–H and O–H groups in total. The Hall–Kier alpha value is -1.51. The molecule has 0 spiro atoms. The topological polar surface area (TPSA) is 38.3 Å². The van der Waals surface area contributed by atoms with Crippen LogP contribution in [0.3, 0.4) is 0 Å². The summed E-state index contributed by atoms with van der Waals surface area (Å²) < 4.78 is 4.99. The van der Waals surface area contributed by atoms with Gasteiger partial charge in [0.2, 0.25) is 0 Å². The van der Waals surface area contributed by atoms with E-state index in [0.717, 1.165) is 17.7 Å². The normalized spacial score (nSPS) is 12.0. The van der Waals surface area contributed by atoms with Gasteiger partial charge in [0, 0.05) is 5.69 Å². The fraction of sp³-hybridized carbons (Fsp3) is 0.500. The lowest BCUT2D eigenvalue weighted by atomic mass is 10.1. The van der Waals surface area contributed by atoms with Crippen LogP contribution in [0.2, 0.25) is 0 Å². The highest BCUT2D eigenvalue weighted by molar-refractivity contribution is 5.79. The average molecular weight is 235 g/mol. The SMILES string of the molecule is CCOC(=O)C(C)Nc1c(C)cccc1CC. The van der Waals surface area contributed by atoms with Crippen LogP contribution in [0.1, 0.15) is 31.9 Å². The summed E-state index contributed by atoms with van der Waals surface area (Å²) in [6.07, 6.45) is 0.944. The molecule has 0 amide bonds. The van der Waals surface area contributed by atoms with E-state index in [2.05, 4.69) is 18.3 Å². The summed E-state index contributed by atoms with van der Waals surface area (Å²) in [5.74, 6) is -0.210. The summed E-state index contributed by atoms with van der Waals surface area (Å²) in [7, 11) is 0. The van der Waals surface area contributed by atoms with E-state index < -0.39 is 0 Å². The van der Waals surface area contributed by atoms with E-state index in [1.807, 2.05) is 32.9 Å². The van der Waals surface area contributed by atoms with E-state index in [1.54, 1.807) is 0 Å². The predicted molar refractivity (Wildman–Crippen MR) is 70.3 cm³/mol. The highest BCUT2D eigenvalue weighted by Crippen LogP contribution is 2.22. The number of hydrogen-bond donors (Lipinski definition) is 1. The van der Waals surface area contributed by atoms with Crippen LogP contribution in [0.5, 0.6) is 0 Å². The number of para-hydroxylation sites is 1. The van der Waals surface area contributed by atoms with Crippen LogP contribution in [0.4, 0.5) is 5.69 Å². The molecule has 0 heterocycles. The first-order valence-electron chi connectivity index (χ1n) is 6.11. The summed E-state index contributed by atoms with van der Waals surface area (Å²) in [5.41, 5.74) is 3.43. The minimum atomic E-state index is -0.318. The van der Waals surface area contributed by atoms with Crippen LogP contribution >= 0.6 is 0 Å². The van der Waals surface area contributed by atoms with Gasteiger partial charge in [0.05, 0.1) is 6.61 Å². The van der Waals surface area contributed by atoms with Crippen molar-refractivity contribution in [1.82, 2.24) is 0 Å². The molecule has 1 aromatic rings. The third kappa shape index (κ3) is 3.48. The Morgan fingerprint density at radius 1 is 1.41 bits per heavy atom. The van der Waals surface area contributed by atoms with E-state index in [1.165, 1.54) is 5.56 Å². The molecule has 0 saturated carbocycles. The smallest absolute Gasteiger partial charge is 0.328 e. The van der Waals surface area contributed by atoms with Gasteiger partial charge in [-0.3, -0.25) is 0 Å². The lowest BCUT2D eigenvalue weighted by Crippen LogP contribution is -2.29. The lowest BCUT2D eigenvalue weighted by Gasteiger charge is -2.18. The zero-order valence-electron chi connectivity index (χ0n) is 11.0. The number of hydrogen-bond acceptors (Lipinski definition) is 3. The number of carbonyl (C=O) groups excluding carboxylic acids is 1. The number of rotatable bonds is 5. The van der Waals surface area contributed by atoms with E-state index in [-0.39, 0.29) is 12.0 Å². The second kappa shape index (κ2) is 6.28. The van der Waals surface area contributed by atoms with Gasteiger partial charge in [0.25, 0.3) is 0 Å². The Bertz CT molecular complexity index is 388. The molecule has 0 radical (unpaired) electrons. The summed E-state index contributed by atoms with van der Waals surface area (Å²) >= 11 is 0. The number of esters is 1. The van der Waals surface area contributed by atoms with Gasteiger partial charge in [-0.2, -0.15) is 0 Å². The molecule has 3 nitrogen and oxygen atoms in total. The third-order valence-corrected chi connectivity index (χ3v) is 2.74. The largest absolute Gasteiger partial charge is 0.464 e. The average Bonchev–Trinajstić information content (AvgIpc) is 2.31. The van der Waals surface area contributed by atoms with Crippen molar-refractivity contribution in [2.24, 2.45) is 0 Å². The maximum Gasteiger partial charge on any atom is 0.328 e. The first-order valence-corrected chi connectivity index (χ1v) is 6.11. The first-order chi connectivity index (χ1) is 8.10. The van der Waals surface area contributed by atoms with Crippen molar-refractivity contribution >= 4 is 11.7 Å². The summed E-state index contributed by atoms with van der Waals surface area (Å²) in [6, 6.07) is 5.84. The quantitative estimate of drug-likeness (QED) is 0.797. The maximum absolute atomic E-state index is 11.6. The van der Waals surface area contributed by atoms with Crippen LogP contribution in [-0.2, 0) is 16.0 Å². The van der Waals surface area contributed by atoms with Crippen molar-refractivity contribution in [2.45, 2.75) is 40.2 Å². The van der Waals surface area contributed by atoms with Crippen LogP contribution in [0.25, 0.3) is 0 Å². The Morgan fingerprint density at radius 2 is 2.12 bits per heavy atom.